The van der Waals surface area contributed by atoms with Gasteiger partial charge in [0, 0.05) is 17.1 Å². The molecule has 3 nitrogen and oxygen atoms in total. The van der Waals surface area contributed by atoms with Crippen molar-refractivity contribution in [2.24, 2.45) is 0 Å². The predicted octanol–water partition coefficient (Wildman–Crippen LogP) is 1.89. The van der Waals surface area contributed by atoms with Gasteiger partial charge in [0.1, 0.15) is 5.82 Å². The Labute approximate surface area is 111 Å². The zero-order valence-corrected chi connectivity index (χ0v) is 10.8. The number of carbonyl (C=O) groups excluding carboxylic acids is 1. The molecule has 0 spiro atoms. The fourth-order valence-electron chi connectivity index (χ4n) is 2.11. The number of rotatable bonds is 4. The van der Waals surface area contributed by atoms with Crippen LogP contribution in [0.5, 0.6) is 0 Å². The van der Waals surface area contributed by atoms with E-state index >= 15 is 0 Å². The fraction of sp³-hybridized carbons (Fsp3) is 0.462. The number of hydrogen-bond donors (Lipinski definition) is 2. The molecule has 1 saturated heterocycles. The summed E-state index contributed by atoms with van der Waals surface area (Å²) in [4.78, 5) is 11.7. The van der Waals surface area contributed by atoms with Gasteiger partial charge in [0.15, 0.2) is 0 Å². The van der Waals surface area contributed by atoms with E-state index in [0.29, 0.717) is 23.6 Å². The van der Waals surface area contributed by atoms with Gasteiger partial charge in [-0.2, -0.15) is 0 Å². The molecule has 1 unspecified atom stereocenters. The lowest BCUT2D eigenvalue weighted by Crippen LogP contribution is -2.41. The van der Waals surface area contributed by atoms with E-state index in [1.165, 1.54) is 6.07 Å². The van der Waals surface area contributed by atoms with Crippen LogP contribution in [-0.2, 0) is 11.2 Å². The summed E-state index contributed by atoms with van der Waals surface area (Å²) >= 11 is 5.91. The van der Waals surface area contributed by atoms with Gasteiger partial charge in [-0.25, -0.2) is 4.39 Å². The van der Waals surface area contributed by atoms with Crippen LogP contribution in [0, 0.1) is 5.82 Å². The van der Waals surface area contributed by atoms with E-state index in [0.717, 1.165) is 19.4 Å². The zero-order chi connectivity index (χ0) is 13.0. The highest BCUT2D eigenvalue weighted by atomic mass is 35.5. The first-order valence-electron chi connectivity index (χ1n) is 6.12. The quantitative estimate of drug-likeness (QED) is 0.877. The second-order valence-electron chi connectivity index (χ2n) is 4.39. The van der Waals surface area contributed by atoms with Crippen molar-refractivity contribution >= 4 is 17.5 Å². The number of carbonyl (C=O) groups is 1. The average molecular weight is 271 g/mol. The first-order chi connectivity index (χ1) is 8.68. The van der Waals surface area contributed by atoms with Crippen molar-refractivity contribution in [3.63, 3.8) is 0 Å². The van der Waals surface area contributed by atoms with Gasteiger partial charge in [0.2, 0.25) is 5.91 Å². The third-order valence-electron chi connectivity index (χ3n) is 3.11. The summed E-state index contributed by atoms with van der Waals surface area (Å²) in [5.41, 5.74) is 0.457. The Kier molecular flexibility index (Phi) is 4.55. The maximum atomic E-state index is 13.5. The molecule has 1 aliphatic rings. The van der Waals surface area contributed by atoms with E-state index in [1.54, 1.807) is 12.1 Å². The minimum Gasteiger partial charge on any atom is -0.354 e. The van der Waals surface area contributed by atoms with Crippen LogP contribution in [0.1, 0.15) is 18.4 Å². The van der Waals surface area contributed by atoms with Gasteiger partial charge < -0.3 is 10.6 Å². The number of amides is 1. The van der Waals surface area contributed by atoms with E-state index < -0.39 is 0 Å². The molecule has 0 aromatic heterocycles. The van der Waals surface area contributed by atoms with Crippen LogP contribution in [-0.4, -0.2) is 25.0 Å². The summed E-state index contributed by atoms with van der Waals surface area (Å²) in [6.07, 6.45) is 2.30. The standard InChI is InChI=1S/C13H16ClFN2O/c14-10-3-1-4-11(15)9(10)6-8-17-13(18)12-5-2-7-16-12/h1,3-4,12,16H,2,5-8H2,(H,17,18). The first kappa shape index (κ1) is 13.3. The van der Waals surface area contributed by atoms with Gasteiger partial charge in [-0.3, -0.25) is 4.79 Å². The smallest absolute Gasteiger partial charge is 0.237 e. The second kappa shape index (κ2) is 6.16. The summed E-state index contributed by atoms with van der Waals surface area (Å²) in [5, 5.41) is 6.32. The Bertz CT molecular complexity index is 413. The molecule has 98 valence electrons. The third-order valence-corrected chi connectivity index (χ3v) is 3.47. The number of nitrogens with one attached hydrogen (secondary N) is 2. The molecule has 0 radical (unpaired) electrons. The number of hydrogen-bond acceptors (Lipinski definition) is 2. The summed E-state index contributed by atoms with van der Waals surface area (Å²) < 4.78 is 13.5. The van der Waals surface area contributed by atoms with E-state index in [9.17, 15) is 9.18 Å². The topological polar surface area (TPSA) is 41.1 Å². The molecule has 1 amide bonds. The minimum atomic E-state index is -0.323. The summed E-state index contributed by atoms with van der Waals surface area (Å²) in [6, 6.07) is 4.51. The molecule has 1 heterocycles. The Hall–Kier alpha value is -1.13. The second-order valence-corrected chi connectivity index (χ2v) is 4.80. The van der Waals surface area contributed by atoms with Crippen molar-refractivity contribution in [3.05, 3.63) is 34.6 Å². The van der Waals surface area contributed by atoms with Crippen LogP contribution in [0.2, 0.25) is 5.02 Å². The van der Waals surface area contributed by atoms with E-state index in [1.807, 2.05) is 0 Å². The molecule has 0 bridgehead atoms. The van der Waals surface area contributed by atoms with Gasteiger partial charge in [-0.05, 0) is 37.9 Å². The molecule has 0 saturated carbocycles. The van der Waals surface area contributed by atoms with Crippen LogP contribution in [0.25, 0.3) is 0 Å². The van der Waals surface area contributed by atoms with Crippen LogP contribution >= 0.6 is 11.6 Å². The molecule has 2 N–H and O–H groups in total. The lowest BCUT2D eigenvalue weighted by atomic mass is 10.1. The maximum absolute atomic E-state index is 13.5. The van der Waals surface area contributed by atoms with E-state index in [-0.39, 0.29) is 17.8 Å². The minimum absolute atomic E-state index is 0.0139. The number of benzene rings is 1. The van der Waals surface area contributed by atoms with Crippen molar-refractivity contribution in [3.8, 4) is 0 Å². The van der Waals surface area contributed by atoms with Crippen LogP contribution < -0.4 is 10.6 Å². The summed E-state index contributed by atoms with van der Waals surface area (Å²) in [7, 11) is 0. The van der Waals surface area contributed by atoms with Crippen LogP contribution in [0.3, 0.4) is 0 Å². The van der Waals surface area contributed by atoms with Gasteiger partial charge in [-0.15, -0.1) is 0 Å². The van der Waals surface area contributed by atoms with Gasteiger partial charge in [0.05, 0.1) is 6.04 Å². The highest BCUT2D eigenvalue weighted by molar-refractivity contribution is 6.31. The highest BCUT2D eigenvalue weighted by Gasteiger charge is 2.21. The molecule has 18 heavy (non-hydrogen) atoms. The Morgan fingerprint density at radius 2 is 2.39 bits per heavy atom. The molecular formula is C13H16ClFN2O. The van der Waals surface area contributed by atoms with E-state index in [2.05, 4.69) is 10.6 Å². The van der Waals surface area contributed by atoms with Crippen LogP contribution in [0.4, 0.5) is 4.39 Å². The van der Waals surface area contributed by atoms with Gasteiger partial charge in [-0.1, -0.05) is 17.7 Å². The number of halogens is 2. The average Bonchev–Trinajstić information content (AvgIpc) is 2.86. The Morgan fingerprint density at radius 3 is 3.06 bits per heavy atom. The van der Waals surface area contributed by atoms with Gasteiger partial charge in [0.25, 0.3) is 0 Å². The molecule has 5 heteroatoms. The highest BCUT2D eigenvalue weighted by Crippen LogP contribution is 2.19. The van der Waals surface area contributed by atoms with Crippen molar-refractivity contribution < 1.29 is 9.18 Å². The first-order valence-corrected chi connectivity index (χ1v) is 6.50. The molecule has 1 aromatic rings. The predicted molar refractivity (Wildman–Crippen MR) is 69.1 cm³/mol. The molecule has 1 aliphatic heterocycles. The fourth-order valence-corrected chi connectivity index (χ4v) is 2.37. The van der Waals surface area contributed by atoms with E-state index in [4.69, 9.17) is 11.6 Å². The SMILES string of the molecule is O=C(NCCc1c(F)cccc1Cl)C1CCCN1. The third kappa shape index (κ3) is 3.21. The maximum Gasteiger partial charge on any atom is 0.237 e. The van der Waals surface area contributed by atoms with Crippen molar-refractivity contribution in [2.75, 3.05) is 13.1 Å². The largest absolute Gasteiger partial charge is 0.354 e. The lowest BCUT2D eigenvalue weighted by molar-refractivity contribution is -0.122. The lowest BCUT2D eigenvalue weighted by Gasteiger charge is -2.11. The molecular weight excluding hydrogens is 255 g/mol. The zero-order valence-electron chi connectivity index (χ0n) is 10.0. The van der Waals surface area contributed by atoms with Crippen molar-refractivity contribution in [1.29, 1.82) is 0 Å². The Balaban J connectivity index is 1.83. The molecule has 1 aromatic carbocycles. The van der Waals surface area contributed by atoms with Gasteiger partial charge >= 0.3 is 0 Å². The molecule has 1 atom stereocenters. The Morgan fingerprint density at radius 1 is 1.56 bits per heavy atom. The normalized spacial score (nSPS) is 18.9. The van der Waals surface area contributed by atoms with Crippen LogP contribution in [0.15, 0.2) is 18.2 Å². The summed E-state index contributed by atoms with van der Waals surface area (Å²) in [6.45, 7) is 1.29. The van der Waals surface area contributed by atoms with Crippen molar-refractivity contribution in [1.82, 2.24) is 10.6 Å². The molecule has 2 rings (SSSR count). The van der Waals surface area contributed by atoms with Crippen molar-refractivity contribution in [2.45, 2.75) is 25.3 Å². The molecule has 1 fully saturated rings. The monoisotopic (exact) mass is 270 g/mol. The summed E-state index contributed by atoms with van der Waals surface area (Å²) in [5.74, 6) is -0.337. The molecule has 0 aliphatic carbocycles.